The molecule has 0 unspecified atom stereocenters. The lowest BCUT2D eigenvalue weighted by atomic mass is 10.1. The maximum Gasteiger partial charge on any atom is 0.414 e. The van der Waals surface area contributed by atoms with Crippen molar-refractivity contribution in [2.75, 3.05) is 87.9 Å². The molecule has 0 spiro atoms. The van der Waals surface area contributed by atoms with Gasteiger partial charge in [0.15, 0.2) is 0 Å². The highest BCUT2D eigenvalue weighted by Gasteiger charge is 2.34. The van der Waals surface area contributed by atoms with Crippen LogP contribution < -0.4 is 9.80 Å². The summed E-state index contributed by atoms with van der Waals surface area (Å²) in [6, 6.07) is 16.0. The van der Waals surface area contributed by atoms with E-state index >= 15 is 0 Å². The second-order valence-electron chi connectivity index (χ2n) is 15.6. The molecule has 1 N–H and O–H groups in total. The van der Waals surface area contributed by atoms with Crippen molar-refractivity contribution in [3.05, 3.63) is 84.7 Å². The van der Waals surface area contributed by atoms with Crippen molar-refractivity contribution in [1.29, 1.82) is 0 Å². The molecule has 2 aromatic carbocycles. The van der Waals surface area contributed by atoms with E-state index in [0.29, 0.717) is 76.4 Å². The Balaban J connectivity index is 0.000000227. The number of halogens is 4. The van der Waals surface area contributed by atoms with E-state index in [0.717, 1.165) is 45.1 Å². The monoisotopic (exact) mass is 1010 g/mol. The van der Waals surface area contributed by atoms with Gasteiger partial charge in [-0.3, -0.25) is 19.8 Å². The average Bonchev–Trinajstić information content (AvgIpc) is 4.18. The number of anilines is 2. The van der Waals surface area contributed by atoms with Gasteiger partial charge < -0.3 is 29.1 Å². The van der Waals surface area contributed by atoms with Gasteiger partial charge in [-0.15, -0.1) is 44.4 Å². The van der Waals surface area contributed by atoms with Crippen molar-refractivity contribution in [2.24, 2.45) is 14.1 Å². The molecule has 20 nitrogen and oxygen atoms in total. The van der Waals surface area contributed by atoms with Gasteiger partial charge in [-0.05, 0) is 85.1 Å². The molecule has 0 aliphatic carbocycles. The van der Waals surface area contributed by atoms with Crippen molar-refractivity contribution in [3.8, 4) is 45.3 Å². The first kappa shape index (κ1) is 54.6. The number of ether oxygens (including phenoxy) is 3. The summed E-state index contributed by atoms with van der Waals surface area (Å²) in [5.41, 5.74) is 3.76. The molecule has 2 aliphatic heterocycles. The van der Waals surface area contributed by atoms with Crippen LogP contribution in [0.15, 0.2) is 73.1 Å². The largest absolute Gasteiger partial charge is 0.441 e. The maximum atomic E-state index is 15.0. The van der Waals surface area contributed by atoms with Crippen molar-refractivity contribution < 1.29 is 37.7 Å². The number of carbonyl (C=O) groups excluding carboxylic acids is 2. The van der Waals surface area contributed by atoms with E-state index in [9.17, 15) is 18.4 Å². The topological polar surface area (TPSA) is 208 Å². The fraction of sp³-hybridized carbons (Fsp3) is 0.435. The number of hydrogen-bond donors (Lipinski definition) is 1. The number of likely N-dealkylation sites (N-methyl/N-ethyl adjacent to an activating group) is 1. The van der Waals surface area contributed by atoms with E-state index in [1.165, 1.54) is 37.7 Å². The van der Waals surface area contributed by atoms with Crippen LogP contribution in [0, 0.1) is 11.6 Å². The highest BCUT2D eigenvalue weighted by Crippen LogP contribution is 2.31. The number of cyclic esters (lactones) is 2. The number of aliphatic hydroxyl groups excluding tert-OH is 1. The molecule has 2 aliphatic rings. The highest BCUT2D eigenvalue weighted by molar-refractivity contribution is 6.18. The molecular formula is C46H58Cl2F2N14O6. The van der Waals surface area contributed by atoms with Crippen LogP contribution in [0.25, 0.3) is 45.3 Å². The lowest BCUT2D eigenvalue weighted by molar-refractivity contribution is 0.0371. The Morgan fingerprint density at radius 2 is 1.16 bits per heavy atom. The van der Waals surface area contributed by atoms with Crippen molar-refractivity contribution >= 4 is 47.6 Å². The fourth-order valence-electron chi connectivity index (χ4n) is 7.21. The summed E-state index contributed by atoms with van der Waals surface area (Å²) < 4.78 is 45.6. The zero-order valence-electron chi connectivity index (χ0n) is 39.9. The third-order valence-corrected chi connectivity index (χ3v) is 11.3. The minimum absolute atomic E-state index is 0. The summed E-state index contributed by atoms with van der Waals surface area (Å²) in [5.74, 6) is 0.563. The lowest BCUT2D eigenvalue weighted by Crippen LogP contribution is -2.29. The molecule has 0 radical (unpaired) electrons. The molecule has 4 aromatic heterocycles. The molecule has 6 aromatic rings. The van der Waals surface area contributed by atoms with Crippen LogP contribution in [0.1, 0.15) is 27.7 Å². The van der Waals surface area contributed by atoms with Gasteiger partial charge in [-0.2, -0.15) is 9.59 Å². The zero-order chi connectivity index (χ0) is 49.5. The van der Waals surface area contributed by atoms with Crippen LogP contribution in [0.2, 0.25) is 0 Å². The molecule has 2 atom stereocenters. The van der Waals surface area contributed by atoms with Crippen LogP contribution in [0.3, 0.4) is 0 Å². The predicted octanol–water partition coefficient (Wildman–Crippen LogP) is 6.15. The van der Waals surface area contributed by atoms with Gasteiger partial charge in [0.1, 0.15) is 35.2 Å². The summed E-state index contributed by atoms with van der Waals surface area (Å²) in [7, 11) is 3.32. The Morgan fingerprint density at radius 1 is 0.700 bits per heavy atom. The number of amides is 2. The normalized spacial score (nSPS) is 15.3. The molecule has 24 heteroatoms. The number of pyridine rings is 2. The SMILES string of the molecule is CCN(CC)CCCl.CCN(CC)CCOC[C@H]1CN(c2ccc(-c3ccc(-c4nnn(C)n4)nc3)c(F)c2)C(=O)O1.Cl.Cn1nnc(-c2ccc(-c3ccc(N4C[C@H](CO)OC4=O)cc3F)cn2)n1. The number of aryl methyl sites for hydroxylation is 2. The average molecular weight is 1010 g/mol. The second kappa shape index (κ2) is 26.6. The third-order valence-electron chi connectivity index (χ3n) is 11.1. The number of hydrogen-bond acceptors (Lipinski definition) is 16. The zero-order valence-corrected chi connectivity index (χ0v) is 41.4. The van der Waals surface area contributed by atoms with Gasteiger partial charge in [-0.25, -0.2) is 18.4 Å². The van der Waals surface area contributed by atoms with Crippen LogP contribution in [-0.2, 0) is 28.3 Å². The van der Waals surface area contributed by atoms with Gasteiger partial charge in [0.2, 0.25) is 11.6 Å². The molecule has 2 saturated heterocycles. The number of aliphatic hydroxyl groups is 1. The summed E-state index contributed by atoms with van der Waals surface area (Å²) >= 11 is 5.51. The molecule has 376 valence electrons. The van der Waals surface area contributed by atoms with Crippen LogP contribution in [-0.4, -0.2) is 168 Å². The van der Waals surface area contributed by atoms with Crippen LogP contribution in [0.4, 0.5) is 29.7 Å². The van der Waals surface area contributed by atoms with Gasteiger partial charge in [0.25, 0.3) is 0 Å². The van der Waals surface area contributed by atoms with Gasteiger partial charge >= 0.3 is 12.2 Å². The second-order valence-corrected chi connectivity index (χ2v) is 16.0. The van der Waals surface area contributed by atoms with Gasteiger partial charge in [0.05, 0.1) is 58.4 Å². The Kier molecular flexibility index (Phi) is 20.8. The third kappa shape index (κ3) is 14.4. The summed E-state index contributed by atoms with van der Waals surface area (Å²) in [6.07, 6.45) is 0.968. The number of carbonyl (C=O) groups is 2. The van der Waals surface area contributed by atoms with Crippen LogP contribution >= 0.6 is 24.0 Å². The first-order chi connectivity index (χ1) is 33.4. The van der Waals surface area contributed by atoms with Crippen molar-refractivity contribution in [2.45, 2.75) is 39.9 Å². The summed E-state index contributed by atoms with van der Waals surface area (Å²) in [4.78, 5) is 42.7. The lowest BCUT2D eigenvalue weighted by Gasteiger charge is -2.18. The van der Waals surface area contributed by atoms with Crippen molar-refractivity contribution in [3.63, 3.8) is 0 Å². The summed E-state index contributed by atoms with van der Waals surface area (Å²) in [6.45, 7) is 15.6. The molecule has 2 fully saturated rings. The smallest absolute Gasteiger partial charge is 0.414 e. The molecule has 8 rings (SSSR count). The standard InChI is InChI=1S/C23H28FN7O3.C17H15FN6O3.C6H14ClN.ClH/c1-4-30(5-2)10-11-33-15-18-14-31(23(32)34-18)17-7-8-19(20(24)12-17)16-6-9-21(25-13-16)22-26-28-29(3)27-22;1-23-21-16(20-22-23)15-5-2-10(7-19-15)13-4-3-11(6-14(13)18)24-8-12(9-25)27-17(24)26;1-3-8(4-2)6-5-7;/h6-9,12-13,18H,4-5,10-11,14-15H2,1-3H3;2-7,12,25H,8-9H2,1H3;3-6H2,1-2H3;1H/t18-;12-;;/m11../s1. The van der Waals surface area contributed by atoms with E-state index in [2.05, 4.69) is 78.3 Å². The first-order valence-corrected chi connectivity index (χ1v) is 23.1. The predicted molar refractivity (Wildman–Crippen MR) is 262 cm³/mol. The molecule has 70 heavy (non-hydrogen) atoms. The number of rotatable bonds is 18. The minimum Gasteiger partial charge on any atom is -0.441 e. The Labute approximate surface area is 415 Å². The molecule has 2 amide bonds. The Hall–Kier alpha value is -6.30. The van der Waals surface area contributed by atoms with Gasteiger partial charge in [0, 0.05) is 53.6 Å². The molecule has 0 bridgehead atoms. The molecule has 0 saturated carbocycles. The van der Waals surface area contributed by atoms with E-state index in [4.69, 9.17) is 30.9 Å². The number of nitrogens with zero attached hydrogens (tertiary/aromatic N) is 14. The minimum atomic E-state index is -0.608. The number of aromatic nitrogens is 10. The first-order valence-electron chi connectivity index (χ1n) is 22.5. The van der Waals surface area contributed by atoms with Gasteiger partial charge in [-0.1, -0.05) is 39.8 Å². The Morgan fingerprint density at radius 3 is 1.51 bits per heavy atom. The molecule has 6 heterocycles. The Bertz CT molecular complexity index is 2590. The summed E-state index contributed by atoms with van der Waals surface area (Å²) in [5, 5.41) is 32.6. The quantitative estimate of drug-likeness (QED) is 0.0757. The maximum absolute atomic E-state index is 15.0. The van der Waals surface area contributed by atoms with E-state index in [1.807, 2.05) is 0 Å². The highest BCUT2D eigenvalue weighted by atomic mass is 35.5. The van der Waals surface area contributed by atoms with E-state index in [-0.39, 0.29) is 25.6 Å². The molecular weight excluding hydrogens is 953 g/mol. The van der Waals surface area contributed by atoms with E-state index in [1.54, 1.807) is 68.8 Å². The van der Waals surface area contributed by atoms with Crippen molar-refractivity contribution in [1.82, 2.24) is 60.2 Å². The fourth-order valence-corrected chi connectivity index (χ4v) is 7.45. The van der Waals surface area contributed by atoms with E-state index < -0.39 is 36.0 Å². The van der Waals surface area contributed by atoms with Crippen LogP contribution in [0.5, 0.6) is 0 Å². The number of benzene rings is 2. The number of tetrazole rings is 2. The number of alkyl halides is 1.